The van der Waals surface area contributed by atoms with Crippen LogP contribution in [0.1, 0.15) is 18.4 Å². The van der Waals surface area contributed by atoms with Gasteiger partial charge in [-0.15, -0.1) is 0 Å². The van der Waals surface area contributed by atoms with Crippen molar-refractivity contribution < 1.29 is 14.3 Å². The van der Waals surface area contributed by atoms with Gasteiger partial charge in [-0.05, 0) is 11.6 Å². The number of nitrogens with zero attached hydrogens (tertiary/aromatic N) is 1. The van der Waals surface area contributed by atoms with Crippen LogP contribution in [0.3, 0.4) is 0 Å². The third kappa shape index (κ3) is 2.40. The molecule has 0 radical (unpaired) electrons. The Balaban J connectivity index is 1.42. The molecule has 0 bridgehead atoms. The van der Waals surface area contributed by atoms with Crippen LogP contribution in [0.25, 0.3) is 10.9 Å². The SMILES string of the molecule is O=C(Cc1c[nH]c2ccccc12)N1CCC2(CC1)OCCO2. The van der Waals surface area contributed by atoms with Crippen LogP contribution < -0.4 is 0 Å². The highest BCUT2D eigenvalue weighted by atomic mass is 16.7. The van der Waals surface area contributed by atoms with Gasteiger partial charge in [-0.2, -0.15) is 0 Å². The number of fused-ring (bicyclic) bond motifs is 1. The number of likely N-dealkylation sites (tertiary alicyclic amines) is 1. The van der Waals surface area contributed by atoms with Crippen LogP contribution in [0.5, 0.6) is 0 Å². The summed E-state index contributed by atoms with van der Waals surface area (Å²) in [6, 6.07) is 8.09. The molecule has 2 aliphatic rings. The average Bonchev–Trinajstić information content (AvgIpc) is 3.16. The third-order valence-corrected chi connectivity index (χ3v) is 4.71. The van der Waals surface area contributed by atoms with Gasteiger partial charge in [-0.3, -0.25) is 4.79 Å². The highest BCUT2D eigenvalue weighted by Crippen LogP contribution is 2.31. The topological polar surface area (TPSA) is 54.6 Å². The van der Waals surface area contributed by atoms with Crippen molar-refractivity contribution in [2.24, 2.45) is 0 Å². The van der Waals surface area contributed by atoms with Gasteiger partial charge in [0.15, 0.2) is 5.79 Å². The van der Waals surface area contributed by atoms with Crippen LogP contribution in [0, 0.1) is 0 Å². The molecule has 2 aromatic rings. The predicted octanol–water partition coefficient (Wildman–Crippen LogP) is 2.08. The molecule has 1 aromatic heterocycles. The number of rotatable bonds is 2. The number of hydrogen-bond acceptors (Lipinski definition) is 3. The molecule has 0 aliphatic carbocycles. The smallest absolute Gasteiger partial charge is 0.227 e. The van der Waals surface area contributed by atoms with E-state index in [1.165, 1.54) is 0 Å². The maximum absolute atomic E-state index is 12.5. The van der Waals surface area contributed by atoms with Crippen molar-refractivity contribution in [3.8, 4) is 0 Å². The van der Waals surface area contributed by atoms with E-state index in [0.717, 1.165) is 29.3 Å². The lowest BCUT2D eigenvalue weighted by Crippen LogP contribution is -2.47. The fourth-order valence-corrected chi connectivity index (χ4v) is 3.44. The quantitative estimate of drug-likeness (QED) is 0.924. The first-order valence-corrected chi connectivity index (χ1v) is 7.86. The Hall–Kier alpha value is -1.85. The van der Waals surface area contributed by atoms with E-state index < -0.39 is 5.79 Å². The number of nitrogens with one attached hydrogen (secondary N) is 1. The van der Waals surface area contributed by atoms with Crippen molar-refractivity contribution in [1.82, 2.24) is 9.88 Å². The van der Waals surface area contributed by atoms with E-state index >= 15 is 0 Å². The number of aromatic nitrogens is 1. The molecular formula is C17H20N2O3. The van der Waals surface area contributed by atoms with E-state index in [9.17, 15) is 4.79 Å². The van der Waals surface area contributed by atoms with Gasteiger partial charge in [0.05, 0.1) is 19.6 Å². The second-order valence-electron chi connectivity index (χ2n) is 6.02. The third-order valence-electron chi connectivity index (χ3n) is 4.71. The molecule has 0 saturated carbocycles. The Morgan fingerprint density at radius 1 is 1.18 bits per heavy atom. The lowest BCUT2D eigenvalue weighted by molar-refractivity contribution is -0.187. The summed E-state index contributed by atoms with van der Waals surface area (Å²) < 4.78 is 11.4. The summed E-state index contributed by atoms with van der Waals surface area (Å²) in [6.45, 7) is 2.76. The van der Waals surface area contributed by atoms with Gasteiger partial charge in [0.25, 0.3) is 0 Å². The molecule has 1 amide bonds. The molecule has 5 heteroatoms. The molecule has 5 nitrogen and oxygen atoms in total. The molecule has 22 heavy (non-hydrogen) atoms. The number of para-hydroxylation sites is 1. The van der Waals surface area contributed by atoms with Gasteiger partial charge in [-0.1, -0.05) is 18.2 Å². The van der Waals surface area contributed by atoms with Gasteiger partial charge in [0.2, 0.25) is 5.91 Å². The molecule has 1 spiro atoms. The van der Waals surface area contributed by atoms with Gasteiger partial charge >= 0.3 is 0 Å². The summed E-state index contributed by atoms with van der Waals surface area (Å²) in [5.74, 6) is -0.241. The van der Waals surface area contributed by atoms with E-state index in [1.807, 2.05) is 29.3 Å². The lowest BCUT2D eigenvalue weighted by Gasteiger charge is -2.37. The second kappa shape index (κ2) is 5.41. The largest absolute Gasteiger partial charge is 0.361 e. The van der Waals surface area contributed by atoms with Crippen molar-refractivity contribution >= 4 is 16.8 Å². The number of carbonyl (C=O) groups excluding carboxylic acids is 1. The summed E-state index contributed by atoms with van der Waals surface area (Å²) in [5.41, 5.74) is 2.14. The highest BCUT2D eigenvalue weighted by Gasteiger charge is 2.40. The molecule has 2 saturated heterocycles. The maximum atomic E-state index is 12.5. The minimum Gasteiger partial charge on any atom is -0.361 e. The number of hydrogen-bond donors (Lipinski definition) is 1. The molecule has 3 heterocycles. The van der Waals surface area contributed by atoms with Crippen LogP contribution in [-0.4, -0.2) is 47.9 Å². The zero-order chi connectivity index (χ0) is 15.0. The number of ether oxygens (including phenoxy) is 2. The van der Waals surface area contributed by atoms with Crippen molar-refractivity contribution in [1.29, 1.82) is 0 Å². The maximum Gasteiger partial charge on any atom is 0.227 e. The number of aromatic amines is 1. The van der Waals surface area contributed by atoms with E-state index in [4.69, 9.17) is 9.47 Å². The first kappa shape index (κ1) is 13.8. The average molecular weight is 300 g/mol. The summed E-state index contributed by atoms with van der Waals surface area (Å²) in [7, 11) is 0. The number of amides is 1. The molecule has 0 unspecified atom stereocenters. The lowest BCUT2D eigenvalue weighted by atomic mass is 10.0. The number of piperidine rings is 1. The van der Waals surface area contributed by atoms with Crippen LogP contribution >= 0.6 is 0 Å². The van der Waals surface area contributed by atoms with Crippen molar-refractivity contribution in [2.45, 2.75) is 25.0 Å². The van der Waals surface area contributed by atoms with Crippen molar-refractivity contribution in [2.75, 3.05) is 26.3 Å². The zero-order valence-electron chi connectivity index (χ0n) is 12.5. The Morgan fingerprint density at radius 3 is 2.68 bits per heavy atom. The van der Waals surface area contributed by atoms with Gasteiger partial charge in [0.1, 0.15) is 0 Å². The zero-order valence-corrected chi connectivity index (χ0v) is 12.5. The standard InChI is InChI=1S/C17H20N2O3/c20-16(11-13-12-18-15-4-2-1-3-14(13)15)19-7-5-17(6-8-19)21-9-10-22-17/h1-4,12,18H,5-11H2. The molecule has 1 N–H and O–H groups in total. The molecule has 1 aromatic carbocycles. The minimum atomic E-state index is -0.419. The van der Waals surface area contributed by atoms with Gasteiger partial charge in [-0.25, -0.2) is 0 Å². The number of H-pyrrole nitrogens is 1. The van der Waals surface area contributed by atoms with E-state index in [-0.39, 0.29) is 5.91 Å². The second-order valence-corrected chi connectivity index (χ2v) is 6.02. The van der Waals surface area contributed by atoms with E-state index in [1.54, 1.807) is 0 Å². The van der Waals surface area contributed by atoms with Gasteiger partial charge < -0.3 is 19.4 Å². The molecular weight excluding hydrogens is 280 g/mol. The van der Waals surface area contributed by atoms with E-state index in [2.05, 4.69) is 11.1 Å². The summed E-state index contributed by atoms with van der Waals surface area (Å²) >= 11 is 0. The number of benzene rings is 1. The van der Waals surface area contributed by atoms with Crippen molar-refractivity contribution in [3.63, 3.8) is 0 Å². The molecule has 0 atom stereocenters. The summed E-state index contributed by atoms with van der Waals surface area (Å²) in [6.07, 6.45) is 3.93. The Bertz CT molecular complexity index is 678. The van der Waals surface area contributed by atoms with E-state index in [0.29, 0.717) is 32.7 Å². The normalized spacial score (nSPS) is 20.8. The van der Waals surface area contributed by atoms with Crippen molar-refractivity contribution in [3.05, 3.63) is 36.0 Å². The summed E-state index contributed by atoms with van der Waals surface area (Å²) in [5, 5.41) is 1.13. The fourth-order valence-electron chi connectivity index (χ4n) is 3.44. The van der Waals surface area contributed by atoms with Crippen LogP contribution in [-0.2, 0) is 20.7 Å². The Morgan fingerprint density at radius 2 is 1.91 bits per heavy atom. The Kier molecular flexibility index (Phi) is 3.39. The molecule has 4 rings (SSSR count). The highest BCUT2D eigenvalue weighted by molar-refractivity contribution is 5.88. The fraction of sp³-hybridized carbons (Fsp3) is 0.471. The van der Waals surface area contributed by atoms with Gasteiger partial charge in [0, 0.05) is 43.0 Å². The molecule has 116 valence electrons. The molecule has 2 aliphatic heterocycles. The molecule has 2 fully saturated rings. The predicted molar refractivity (Wildman–Crippen MR) is 82.5 cm³/mol. The monoisotopic (exact) mass is 300 g/mol. The first-order valence-electron chi connectivity index (χ1n) is 7.86. The first-order chi connectivity index (χ1) is 10.8. The Labute approximate surface area is 129 Å². The van der Waals surface area contributed by atoms with Crippen LogP contribution in [0.15, 0.2) is 30.5 Å². The van der Waals surface area contributed by atoms with Crippen LogP contribution in [0.4, 0.5) is 0 Å². The number of carbonyl (C=O) groups is 1. The van der Waals surface area contributed by atoms with Crippen LogP contribution in [0.2, 0.25) is 0 Å². The minimum absolute atomic E-state index is 0.178. The summed E-state index contributed by atoms with van der Waals surface area (Å²) in [4.78, 5) is 17.7.